The predicted octanol–water partition coefficient (Wildman–Crippen LogP) is 3.96. The van der Waals surface area contributed by atoms with Gasteiger partial charge in [-0.3, -0.25) is 0 Å². The molecule has 0 unspecified atom stereocenters. The normalized spacial score (nSPS) is 12.5. The number of nitriles is 1. The van der Waals surface area contributed by atoms with Crippen molar-refractivity contribution >= 4 is 15.5 Å². The summed E-state index contributed by atoms with van der Waals surface area (Å²) in [6.45, 7) is 0. The van der Waals surface area contributed by atoms with Gasteiger partial charge in [0.25, 0.3) is 0 Å². The number of benzene rings is 2. The third-order valence-electron chi connectivity index (χ3n) is 3.01. The first kappa shape index (κ1) is 17.6. The Morgan fingerprint density at radius 2 is 1.75 bits per heavy atom. The molecule has 8 heteroatoms. The van der Waals surface area contributed by atoms with Crippen LogP contribution in [0, 0.1) is 11.3 Å². The number of sulfone groups is 1. The second-order valence-corrected chi connectivity index (χ2v) is 6.58. The average molecular weight is 352 g/mol. The van der Waals surface area contributed by atoms with Crippen molar-refractivity contribution in [3.8, 4) is 6.07 Å². The summed E-state index contributed by atoms with van der Waals surface area (Å²) in [7, 11) is -4.04. The molecule has 0 aliphatic heterocycles. The monoisotopic (exact) mass is 352 g/mol. The number of hydrogen-bond acceptors (Lipinski definition) is 4. The van der Waals surface area contributed by atoms with Crippen LogP contribution >= 0.6 is 0 Å². The van der Waals surface area contributed by atoms with Gasteiger partial charge in [0, 0.05) is 11.9 Å². The first-order valence-electron chi connectivity index (χ1n) is 6.59. The molecule has 0 radical (unpaired) electrons. The average Bonchev–Trinajstić information content (AvgIpc) is 2.55. The molecule has 24 heavy (non-hydrogen) atoms. The zero-order valence-corrected chi connectivity index (χ0v) is 12.9. The molecule has 0 heterocycles. The smallest absolute Gasteiger partial charge is 0.360 e. The summed E-state index contributed by atoms with van der Waals surface area (Å²) in [6.07, 6.45) is -3.65. The lowest BCUT2D eigenvalue weighted by atomic mass is 10.2. The summed E-state index contributed by atoms with van der Waals surface area (Å²) in [5.74, 6) is 0. The summed E-state index contributed by atoms with van der Waals surface area (Å²) in [5.41, 5.74) is -0.869. The molecule has 0 saturated carbocycles. The van der Waals surface area contributed by atoms with E-state index in [2.05, 4.69) is 5.32 Å². The Morgan fingerprint density at radius 3 is 2.33 bits per heavy atom. The van der Waals surface area contributed by atoms with Crippen molar-refractivity contribution in [1.29, 1.82) is 5.26 Å². The number of rotatable bonds is 4. The summed E-state index contributed by atoms with van der Waals surface area (Å²) in [5, 5.41) is 11.5. The van der Waals surface area contributed by atoms with Gasteiger partial charge in [-0.05, 0) is 30.3 Å². The fraction of sp³-hybridized carbons (Fsp3) is 0.0625. The van der Waals surface area contributed by atoms with E-state index in [0.29, 0.717) is 0 Å². The molecule has 0 bridgehead atoms. The zero-order valence-electron chi connectivity index (χ0n) is 12.1. The number of halogens is 3. The third kappa shape index (κ3) is 3.94. The van der Waals surface area contributed by atoms with Crippen LogP contribution in [0.25, 0.3) is 0 Å². The van der Waals surface area contributed by atoms with E-state index in [1.54, 1.807) is 12.1 Å². The Morgan fingerprint density at radius 1 is 1.08 bits per heavy atom. The van der Waals surface area contributed by atoms with Crippen LogP contribution in [0.3, 0.4) is 0 Å². The number of nitrogens with zero attached hydrogens (tertiary/aromatic N) is 1. The summed E-state index contributed by atoms with van der Waals surface area (Å²) in [6, 6.07) is 13.0. The zero-order chi connectivity index (χ0) is 17.8. The molecule has 0 aliphatic rings. The summed E-state index contributed by atoms with van der Waals surface area (Å²) >= 11 is 0. The fourth-order valence-electron chi connectivity index (χ4n) is 1.83. The highest BCUT2D eigenvalue weighted by molar-refractivity contribution is 7.95. The minimum absolute atomic E-state index is 0.0147. The number of nitrogens with one attached hydrogen (secondary N) is 1. The van der Waals surface area contributed by atoms with Gasteiger partial charge >= 0.3 is 6.18 Å². The minimum atomic E-state index is -4.52. The summed E-state index contributed by atoms with van der Waals surface area (Å²) < 4.78 is 62.6. The van der Waals surface area contributed by atoms with E-state index >= 15 is 0 Å². The van der Waals surface area contributed by atoms with Crippen LogP contribution < -0.4 is 5.32 Å². The van der Waals surface area contributed by atoms with Gasteiger partial charge in [-0.1, -0.05) is 24.3 Å². The van der Waals surface area contributed by atoms with E-state index in [4.69, 9.17) is 5.26 Å². The van der Waals surface area contributed by atoms with E-state index in [0.717, 1.165) is 18.3 Å². The summed E-state index contributed by atoms with van der Waals surface area (Å²) in [4.78, 5) is -0.685. The Hall–Kier alpha value is -2.79. The molecule has 2 aromatic carbocycles. The molecule has 0 aromatic heterocycles. The van der Waals surface area contributed by atoms with Gasteiger partial charge in [0.1, 0.15) is 6.07 Å². The van der Waals surface area contributed by atoms with Crippen molar-refractivity contribution in [3.63, 3.8) is 0 Å². The molecule has 124 valence electrons. The van der Waals surface area contributed by atoms with Crippen LogP contribution in [0.1, 0.15) is 5.56 Å². The van der Waals surface area contributed by atoms with Gasteiger partial charge in [0.05, 0.1) is 10.5 Å². The van der Waals surface area contributed by atoms with Gasteiger partial charge < -0.3 is 5.32 Å². The lowest BCUT2D eigenvalue weighted by Crippen LogP contribution is -2.07. The molecule has 0 atom stereocenters. The molecule has 1 N–H and O–H groups in total. The van der Waals surface area contributed by atoms with E-state index in [-0.39, 0.29) is 10.6 Å². The highest BCUT2D eigenvalue weighted by atomic mass is 32.2. The molecule has 2 aromatic rings. The maximum atomic E-state index is 12.7. The van der Waals surface area contributed by atoms with Crippen molar-refractivity contribution in [2.75, 3.05) is 5.32 Å². The number of allylic oxidation sites excluding steroid dienone is 1. The van der Waals surface area contributed by atoms with Gasteiger partial charge in [0.2, 0.25) is 9.84 Å². The number of hydrogen-bond donors (Lipinski definition) is 1. The molecule has 0 saturated heterocycles. The Balaban J connectivity index is 2.32. The lowest BCUT2D eigenvalue weighted by Gasteiger charge is -2.09. The standard InChI is InChI=1S/C16H11F3N2O2S/c17-16(18,19)12-5-4-6-13(9-12)21-11-15(10-20)24(22,23)14-7-2-1-3-8-14/h1-9,11,21H. The first-order valence-corrected chi connectivity index (χ1v) is 8.07. The highest BCUT2D eigenvalue weighted by Crippen LogP contribution is 2.30. The third-order valence-corrected chi connectivity index (χ3v) is 4.69. The maximum absolute atomic E-state index is 12.7. The van der Waals surface area contributed by atoms with Crippen LogP contribution in [0.5, 0.6) is 0 Å². The number of anilines is 1. The molecule has 0 amide bonds. The molecule has 4 nitrogen and oxygen atoms in total. The van der Waals surface area contributed by atoms with Crippen LogP contribution in [-0.2, 0) is 16.0 Å². The topological polar surface area (TPSA) is 70.0 Å². The molecule has 0 spiro atoms. The largest absolute Gasteiger partial charge is 0.416 e. The highest BCUT2D eigenvalue weighted by Gasteiger charge is 2.30. The molecule has 0 fully saturated rings. The van der Waals surface area contributed by atoms with Crippen molar-refractivity contribution in [3.05, 3.63) is 71.3 Å². The fourth-order valence-corrected chi connectivity index (χ4v) is 2.93. The van der Waals surface area contributed by atoms with Crippen LogP contribution in [0.15, 0.2) is 70.6 Å². The molecule has 0 aliphatic carbocycles. The van der Waals surface area contributed by atoms with E-state index < -0.39 is 26.5 Å². The van der Waals surface area contributed by atoms with E-state index in [1.807, 2.05) is 0 Å². The lowest BCUT2D eigenvalue weighted by molar-refractivity contribution is -0.137. The molecule has 2 rings (SSSR count). The Labute approximate surface area is 136 Å². The Bertz CT molecular complexity index is 899. The van der Waals surface area contributed by atoms with Crippen molar-refractivity contribution in [2.24, 2.45) is 0 Å². The van der Waals surface area contributed by atoms with Crippen LogP contribution in [0.4, 0.5) is 18.9 Å². The number of alkyl halides is 3. The van der Waals surface area contributed by atoms with Crippen LogP contribution in [-0.4, -0.2) is 8.42 Å². The molecular weight excluding hydrogens is 341 g/mol. The second-order valence-electron chi connectivity index (χ2n) is 4.66. The van der Waals surface area contributed by atoms with Gasteiger partial charge in [-0.25, -0.2) is 8.42 Å². The first-order chi connectivity index (χ1) is 11.2. The Kier molecular flexibility index (Phi) is 4.95. The second kappa shape index (κ2) is 6.76. The SMILES string of the molecule is N#CC(=CNc1cccc(C(F)(F)F)c1)S(=O)(=O)c1ccccc1. The van der Waals surface area contributed by atoms with Gasteiger partial charge in [0.15, 0.2) is 4.91 Å². The van der Waals surface area contributed by atoms with Crippen LogP contribution in [0.2, 0.25) is 0 Å². The van der Waals surface area contributed by atoms with Crippen molar-refractivity contribution in [2.45, 2.75) is 11.1 Å². The predicted molar refractivity (Wildman–Crippen MR) is 82.4 cm³/mol. The van der Waals surface area contributed by atoms with E-state index in [1.165, 1.54) is 36.4 Å². The quantitative estimate of drug-likeness (QED) is 0.846. The molecular formula is C16H11F3N2O2S. The van der Waals surface area contributed by atoms with Crippen molar-refractivity contribution < 1.29 is 21.6 Å². The van der Waals surface area contributed by atoms with Gasteiger partial charge in [-0.2, -0.15) is 18.4 Å². The van der Waals surface area contributed by atoms with E-state index in [9.17, 15) is 21.6 Å². The van der Waals surface area contributed by atoms with Gasteiger partial charge in [-0.15, -0.1) is 0 Å². The minimum Gasteiger partial charge on any atom is -0.360 e. The van der Waals surface area contributed by atoms with Crippen molar-refractivity contribution in [1.82, 2.24) is 0 Å². The maximum Gasteiger partial charge on any atom is 0.416 e.